The zero-order chi connectivity index (χ0) is 17.2. The van der Waals surface area contributed by atoms with Gasteiger partial charge in [0.25, 0.3) is 0 Å². The van der Waals surface area contributed by atoms with E-state index in [0.717, 1.165) is 6.07 Å². The van der Waals surface area contributed by atoms with Crippen LogP contribution in [0.4, 0.5) is 4.39 Å². The third-order valence-corrected chi connectivity index (χ3v) is 5.70. The number of sulfonamides is 1. The van der Waals surface area contributed by atoms with E-state index in [2.05, 4.69) is 6.58 Å². The van der Waals surface area contributed by atoms with E-state index in [1.54, 1.807) is 18.2 Å². The van der Waals surface area contributed by atoms with Crippen LogP contribution in [0.5, 0.6) is 5.75 Å². The second-order valence-corrected chi connectivity index (χ2v) is 7.42. The van der Waals surface area contributed by atoms with Crippen molar-refractivity contribution >= 4 is 10.0 Å². The highest BCUT2D eigenvalue weighted by Gasteiger charge is 2.37. The first kappa shape index (κ1) is 16.7. The van der Waals surface area contributed by atoms with Gasteiger partial charge in [0, 0.05) is 0 Å². The fraction of sp³-hybridized carbons (Fsp3) is 0.294. The van der Waals surface area contributed by atoms with E-state index in [9.17, 15) is 12.8 Å². The van der Waals surface area contributed by atoms with Crippen molar-refractivity contribution in [2.75, 3.05) is 6.54 Å². The molecule has 1 aliphatic rings. The quantitative estimate of drug-likeness (QED) is 0.775. The maximum atomic E-state index is 14.3. The summed E-state index contributed by atoms with van der Waals surface area (Å²) >= 11 is 0. The maximum absolute atomic E-state index is 14.3. The summed E-state index contributed by atoms with van der Waals surface area (Å²) in [6.07, 6.45) is 4.08. The standard InChI is InChI=1S/C17H18FNO4S/c1-2-3-6-14-12-19(11-13-7-5-10-22-13)24(20,21)17-15(18)8-4-9-16(17)23-14/h2,4-5,7-10,14H,1,3,6,11-12H2. The lowest BCUT2D eigenvalue weighted by atomic mass is 10.2. The summed E-state index contributed by atoms with van der Waals surface area (Å²) in [5, 5.41) is 0. The minimum Gasteiger partial charge on any atom is -0.488 e. The summed E-state index contributed by atoms with van der Waals surface area (Å²) in [6, 6.07) is 7.40. The number of hydrogen-bond donors (Lipinski definition) is 0. The number of fused-ring (bicyclic) bond motifs is 1. The Morgan fingerprint density at radius 2 is 2.17 bits per heavy atom. The Bertz CT molecular complexity index is 817. The normalized spacial score (nSPS) is 20.0. The molecule has 0 N–H and O–H groups in total. The van der Waals surface area contributed by atoms with Crippen molar-refractivity contribution in [2.24, 2.45) is 0 Å². The molecule has 0 saturated carbocycles. The minimum atomic E-state index is -4.04. The summed E-state index contributed by atoms with van der Waals surface area (Å²) in [7, 11) is -4.04. The first-order chi connectivity index (χ1) is 11.5. The molecule has 0 saturated heterocycles. The van der Waals surface area contributed by atoms with Crippen molar-refractivity contribution in [2.45, 2.75) is 30.4 Å². The number of rotatable bonds is 5. The highest BCUT2D eigenvalue weighted by atomic mass is 32.2. The van der Waals surface area contributed by atoms with E-state index in [1.165, 1.54) is 22.7 Å². The molecule has 1 atom stereocenters. The minimum absolute atomic E-state index is 0.0249. The van der Waals surface area contributed by atoms with Gasteiger partial charge in [0.1, 0.15) is 23.4 Å². The van der Waals surface area contributed by atoms with Crippen LogP contribution >= 0.6 is 0 Å². The molecule has 5 nitrogen and oxygen atoms in total. The topological polar surface area (TPSA) is 59.8 Å². The van der Waals surface area contributed by atoms with E-state index in [4.69, 9.17) is 9.15 Å². The van der Waals surface area contributed by atoms with Gasteiger partial charge in [0.2, 0.25) is 10.0 Å². The first-order valence-electron chi connectivity index (χ1n) is 7.61. The molecule has 0 spiro atoms. The number of allylic oxidation sites excluding steroid dienone is 1. The second kappa shape index (κ2) is 6.78. The smallest absolute Gasteiger partial charge is 0.250 e. The van der Waals surface area contributed by atoms with E-state index >= 15 is 0 Å². The lowest BCUT2D eigenvalue weighted by molar-refractivity contribution is 0.161. The van der Waals surface area contributed by atoms with Crippen molar-refractivity contribution in [3.8, 4) is 5.75 Å². The Balaban J connectivity index is 2.03. The molecule has 24 heavy (non-hydrogen) atoms. The van der Waals surface area contributed by atoms with Crippen LogP contribution < -0.4 is 4.74 Å². The molecule has 0 amide bonds. The highest BCUT2D eigenvalue weighted by Crippen LogP contribution is 2.34. The average molecular weight is 351 g/mol. The molecule has 1 aromatic heterocycles. The fourth-order valence-electron chi connectivity index (χ4n) is 2.68. The molecule has 0 aliphatic carbocycles. The molecular weight excluding hydrogens is 333 g/mol. The predicted molar refractivity (Wildman–Crippen MR) is 86.6 cm³/mol. The highest BCUT2D eigenvalue weighted by molar-refractivity contribution is 7.89. The van der Waals surface area contributed by atoms with Gasteiger partial charge in [-0.2, -0.15) is 4.31 Å². The zero-order valence-corrected chi connectivity index (χ0v) is 13.8. The molecule has 7 heteroatoms. The summed E-state index contributed by atoms with van der Waals surface area (Å²) in [6.45, 7) is 3.81. The predicted octanol–water partition coefficient (Wildman–Crippen LogP) is 3.34. The Hall–Kier alpha value is -2.12. The number of hydrogen-bond acceptors (Lipinski definition) is 4. The molecule has 0 radical (unpaired) electrons. The lowest BCUT2D eigenvalue weighted by Gasteiger charge is -2.22. The molecule has 2 aromatic rings. The number of ether oxygens (including phenoxy) is 1. The Labute approximate surface area is 140 Å². The van der Waals surface area contributed by atoms with Crippen molar-refractivity contribution in [3.63, 3.8) is 0 Å². The largest absolute Gasteiger partial charge is 0.488 e. The van der Waals surface area contributed by atoms with Crippen molar-refractivity contribution in [3.05, 3.63) is 60.8 Å². The molecule has 1 unspecified atom stereocenters. The third-order valence-electron chi connectivity index (χ3n) is 3.83. The van der Waals surface area contributed by atoms with Crippen molar-refractivity contribution in [1.82, 2.24) is 4.31 Å². The van der Waals surface area contributed by atoms with Gasteiger partial charge >= 0.3 is 0 Å². The molecule has 128 valence electrons. The van der Waals surface area contributed by atoms with Crippen LogP contribution in [0.1, 0.15) is 18.6 Å². The van der Waals surface area contributed by atoms with E-state index in [-0.39, 0.29) is 18.8 Å². The van der Waals surface area contributed by atoms with Gasteiger partial charge in [-0.25, -0.2) is 12.8 Å². The number of halogens is 1. The monoisotopic (exact) mass is 351 g/mol. The van der Waals surface area contributed by atoms with Gasteiger partial charge in [-0.05, 0) is 37.1 Å². The average Bonchev–Trinajstić information content (AvgIpc) is 3.01. The van der Waals surface area contributed by atoms with E-state index in [1.807, 2.05) is 0 Å². The first-order valence-corrected chi connectivity index (χ1v) is 9.05. The van der Waals surface area contributed by atoms with Gasteiger partial charge in [-0.3, -0.25) is 0 Å². The van der Waals surface area contributed by atoms with Crippen LogP contribution in [0.25, 0.3) is 0 Å². The van der Waals surface area contributed by atoms with Crippen molar-refractivity contribution < 1.29 is 22.0 Å². The SMILES string of the molecule is C=CCCC1CN(Cc2ccco2)S(=O)(=O)c2c(F)cccc2O1. The molecule has 0 bridgehead atoms. The van der Waals surface area contributed by atoms with Crippen LogP contribution in [-0.4, -0.2) is 25.4 Å². The summed E-state index contributed by atoms with van der Waals surface area (Å²) < 4.78 is 52.4. The molecule has 1 aromatic carbocycles. The molecule has 0 fully saturated rings. The summed E-state index contributed by atoms with van der Waals surface area (Å²) in [5.74, 6) is -0.284. The van der Waals surface area contributed by atoms with Crippen molar-refractivity contribution in [1.29, 1.82) is 0 Å². The van der Waals surface area contributed by atoms with E-state index < -0.39 is 26.8 Å². The van der Waals surface area contributed by atoms with Gasteiger partial charge in [-0.1, -0.05) is 12.1 Å². The second-order valence-electron chi connectivity index (χ2n) is 5.55. The maximum Gasteiger partial charge on any atom is 0.250 e. The molecule has 1 aliphatic heterocycles. The fourth-order valence-corrected chi connectivity index (χ4v) is 4.29. The number of furan rings is 1. The summed E-state index contributed by atoms with van der Waals surface area (Å²) in [4.78, 5) is -0.419. The van der Waals surface area contributed by atoms with Gasteiger partial charge < -0.3 is 9.15 Å². The Morgan fingerprint density at radius 3 is 2.88 bits per heavy atom. The summed E-state index contributed by atoms with van der Waals surface area (Å²) in [5.41, 5.74) is 0. The Kier molecular flexibility index (Phi) is 4.73. The third kappa shape index (κ3) is 3.22. The lowest BCUT2D eigenvalue weighted by Crippen LogP contribution is -2.36. The van der Waals surface area contributed by atoms with Crippen LogP contribution in [0.15, 0.2) is 58.6 Å². The Morgan fingerprint density at radius 1 is 1.33 bits per heavy atom. The van der Waals surface area contributed by atoms with Crippen LogP contribution in [-0.2, 0) is 16.6 Å². The van der Waals surface area contributed by atoms with E-state index in [0.29, 0.717) is 18.6 Å². The van der Waals surface area contributed by atoms with Crippen LogP contribution in [0.2, 0.25) is 0 Å². The number of benzene rings is 1. The van der Waals surface area contributed by atoms with Crippen LogP contribution in [0.3, 0.4) is 0 Å². The molecule has 2 heterocycles. The molecular formula is C17H18FNO4S. The van der Waals surface area contributed by atoms with Gasteiger partial charge in [0.05, 0.1) is 19.4 Å². The van der Waals surface area contributed by atoms with Gasteiger partial charge in [0.15, 0.2) is 4.90 Å². The number of nitrogens with zero attached hydrogens (tertiary/aromatic N) is 1. The van der Waals surface area contributed by atoms with Crippen LogP contribution in [0, 0.1) is 5.82 Å². The molecule has 3 rings (SSSR count). The van der Waals surface area contributed by atoms with Gasteiger partial charge in [-0.15, -0.1) is 6.58 Å². The zero-order valence-electron chi connectivity index (χ0n) is 13.0.